The summed E-state index contributed by atoms with van der Waals surface area (Å²) in [5.41, 5.74) is 2.23. The van der Waals surface area contributed by atoms with Crippen LogP contribution in [-0.2, 0) is 0 Å². The smallest absolute Gasteiger partial charge is 0.212 e. The van der Waals surface area contributed by atoms with E-state index in [-0.39, 0.29) is 0 Å². The molecule has 0 aliphatic heterocycles. The molecule has 5 heteroatoms. The number of hydrogen-bond donors (Lipinski definition) is 1. The van der Waals surface area contributed by atoms with Crippen molar-refractivity contribution in [2.75, 3.05) is 0 Å². The summed E-state index contributed by atoms with van der Waals surface area (Å²) in [5, 5.41) is 0. The molecule has 0 radical (unpaired) electrons. The summed E-state index contributed by atoms with van der Waals surface area (Å²) in [6.45, 7) is 0. The predicted octanol–water partition coefficient (Wildman–Crippen LogP) is 2.16. The first kappa shape index (κ1) is 8.96. The van der Waals surface area contributed by atoms with Crippen LogP contribution >= 0.6 is 0 Å². The van der Waals surface area contributed by atoms with E-state index in [1.807, 2.05) is 12.1 Å². The normalized spacial score (nSPS) is 10.8. The van der Waals surface area contributed by atoms with Gasteiger partial charge in [0.15, 0.2) is 5.65 Å². The highest BCUT2D eigenvalue weighted by atomic mass is 19.1. The van der Waals surface area contributed by atoms with Crippen LogP contribution in [-0.4, -0.2) is 19.9 Å². The van der Waals surface area contributed by atoms with Crippen LogP contribution in [0, 0.1) is 5.95 Å². The summed E-state index contributed by atoms with van der Waals surface area (Å²) in [4.78, 5) is 15.1. The summed E-state index contributed by atoms with van der Waals surface area (Å²) >= 11 is 0. The van der Waals surface area contributed by atoms with Gasteiger partial charge in [-0.1, -0.05) is 0 Å². The van der Waals surface area contributed by atoms with E-state index >= 15 is 0 Å². The molecule has 0 spiro atoms. The fraction of sp³-hybridized carbons (Fsp3) is 0. The van der Waals surface area contributed by atoms with Crippen molar-refractivity contribution in [3.63, 3.8) is 0 Å². The van der Waals surface area contributed by atoms with Crippen molar-refractivity contribution in [3.8, 4) is 11.4 Å². The Hall–Kier alpha value is -2.30. The minimum absolute atomic E-state index is 0.502. The Morgan fingerprint density at radius 1 is 1.12 bits per heavy atom. The monoisotopic (exact) mass is 214 g/mol. The van der Waals surface area contributed by atoms with E-state index in [0.29, 0.717) is 11.5 Å². The van der Waals surface area contributed by atoms with Gasteiger partial charge in [-0.05, 0) is 24.3 Å². The summed E-state index contributed by atoms with van der Waals surface area (Å²) in [5.74, 6) is 0.138. The van der Waals surface area contributed by atoms with Gasteiger partial charge in [0.1, 0.15) is 5.82 Å². The maximum Gasteiger partial charge on any atom is 0.212 e. The first-order valence-corrected chi connectivity index (χ1v) is 4.75. The average Bonchev–Trinajstić information content (AvgIpc) is 2.73. The van der Waals surface area contributed by atoms with Gasteiger partial charge in [0.2, 0.25) is 5.95 Å². The first-order valence-electron chi connectivity index (χ1n) is 4.75. The predicted molar refractivity (Wildman–Crippen MR) is 57.1 cm³/mol. The molecule has 1 N–H and O–H groups in total. The molecule has 3 aromatic heterocycles. The van der Waals surface area contributed by atoms with E-state index in [9.17, 15) is 4.39 Å². The second-order valence-corrected chi connectivity index (χ2v) is 3.33. The van der Waals surface area contributed by atoms with E-state index < -0.39 is 5.95 Å². The number of aromatic nitrogens is 4. The van der Waals surface area contributed by atoms with Crippen LogP contribution in [0.15, 0.2) is 36.7 Å². The molecule has 78 valence electrons. The number of pyridine rings is 2. The van der Waals surface area contributed by atoms with Crippen molar-refractivity contribution >= 4 is 11.2 Å². The van der Waals surface area contributed by atoms with Crippen molar-refractivity contribution in [2.45, 2.75) is 0 Å². The quantitative estimate of drug-likeness (QED) is 0.631. The molecule has 0 unspecified atom stereocenters. The van der Waals surface area contributed by atoms with Crippen LogP contribution in [0.3, 0.4) is 0 Å². The van der Waals surface area contributed by atoms with Gasteiger partial charge >= 0.3 is 0 Å². The molecule has 3 aromatic rings. The van der Waals surface area contributed by atoms with Crippen LogP contribution in [0.2, 0.25) is 0 Å². The zero-order chi connectivity index (χ0) is 11.0. The molecule has 0 aromatic carbocycles. The van der Waals surface area contributed by atoms with Gasteiger partial charge in [0, 0.05) is 18.0 Å². The molecule has 0 aliphatic carbocycles. The molecule has 0 bridgehead atoms. The molecule has 0 fully saturated rings. The fourth-order valence-electron chi connectivity index (χ4n) is 1.50. The second kappa shape index (κ2) is 3.37. The van der Waals surface area contributed by atoms with Gasteiger partial charge in [0.25, 0.3) is 0 Å². The van der Waals surface area contributed by atoms with Gasteiger partial charge in [-0.25, -0.2) is 15.0 Å². The number of aromatic amines is 1. The Bertz CT molecular complexity index is 597. The zero-order valence-corrected chi connectivity index (χ0v) is 8.18. The Labute approximate surface area is 90.2 Å². The number of nitrogens with zero attached hydrogens (tertiary/aromatic N) is 3. The van der Waals surface area contributed by atoms with Crippen molar-refractivity contribution < 1.29 is 4.39 Å². The maximum absolute atomic E-state index is 12.7. The maximum atomic E-state index is 12.7. The lowest BCUT2D eigenvalue weighted by atomic mass is 10.3. The standard InChI is InChI=1S/C11H7FN4/c12-9-4-3-7(6-14-9)10-15-8-2-1-5-13-11(8)16-10/h1-6H,(H,13,15,16). The van der Waals surface area contributed by atoms with Crippen LogP contribution in [0.25, 0.3) is 22.6 Å². The fourth-order valence-corrected chi connectivity index (χ4v) is 1.50. The summed E-state index contributed by atoms with van der Waals surface area (Å²) in [7, 11) is 0. The topological polar surface area (TPSA) is 54.5 Å². The Balaban J connectivity index is 2.15. The minimum Gasteiger partial charge on any atom is -0.337 e. The van der Waals surface area contributed by atoms with Gasteiger partial charge in [-0.2, -0.15) is 4.39 Å². The van der Waals surface area contributed by atoms with E-state index in [4.69, 9.17) is 0 Å². The van der Waals surface area contributed by atoms with Crippen molar-refractivity contribution in [2.24, 2.45) is 0 Å². The Morgan fingerprint density at radius 2 is 2.06 bits per heavy atom. The van der Waals surface area contributed by atoms with Crippen LogP contribution in [0.1, 0.15) is 0 Å². The van der Waals surface area contributed by atoms with Crippen LogP contribution in [0.5, 0.6) is 0 Å². The number of halogens is 1. The van der Waals surface area contributed by atoms with E-state index in [2.05, 4.69) is 19.9 Å². The third-order valence-electron chi connectivity index (χ3n) is 2.26. The van der Waals surface area contributed by atoms with Crippen LogP contribution < -0.4 is 0 Å². The zero-order valence-electron chi connectivity index (χ0n) is 8.18. The van der Waals surface area contributed by atoms with Crippen LogP contribution in [0.4, 0.5) is 4.39 Å². The molecule has 16 heavy (non-hydrogen) atoms. The molecular weight excluding hydrogens is 207 g/mol. The number of hydrogen-bond acceptors (Lipinski definition) is 3. The molecule has 0 atom stereocenters. The molecule has 0 aliphatic rings. The molecular formula is C11H7FN4. The molecule has 3 rings (SSSR count). The van der Waals surface area contributed by atoms with E-state index in [1.165, 1.54) is 12.3 Å². The Morgan fingerprint density at radius 3 is 2.81 bits per heavy atom. The summed E-state index contributed by atoms with van der Waals surface area (Å²) in [6, 6.07) is 6.64. The van der Waals surface area contributed by atoms with E-state index in [1.54, 1.807) is 12.3 Å². The number of imidazole rings is 1. The highest BCUT2D eigenvalue weighted by molar-refractivity contribution is 5.75. The highest BCUT2D eigenvalue weighted by Crippen LogP contribution is 2.17. The molecule has 0 amide bonds. The lowest BCUT2D eigenvalue weighted by Crippen LogP contribution is -1.84. The second-order valence-electron chi connectivity index (χ2n) is 3.33. The lowest BCUT2D eigenvalue weighted by Gasteiger charge is -1.93. The van der Waals surface area contributed by atoms with Crippen molar-refractivity contribution in [3.05, 3.63) is 42.6 Å². The van der Waals surface area contributed by atoms with Crippen molar-refractivity contribution in [1.29, 1.82) is 0 Å². The lowest BCUT2D eigenvalue weighted by molar-refractivity contribution is 0.584. The van der Waals surface area contributed by atoms with Gasteiger partial charge in [-0.3, -0.25) is 0 Å². The molecule has 0 saturated carbocycles. The summed E-state index contributed by atoms with van der Waals surface area (Å²) < 4.78 is 12.7. The molecule has 0 saturated heterocycles. The van der Waals surface area contributed by atoms with Gasteiger partial charge in [-0.15, -0.1) is 0 Å². The van der Waals surface area contributed by atoms with Crippen molar-refractivity contribution in [1.82, 2.24) is 19.9 Å². The number of fused-ring (bicyclic) bond motifs is 1. The number of H-pyrrole nitrogens is 1. The summed E-state index contributed by atoms with van der Waals surface area (Å²) in [6.07, 6.45) is 3.11. The Kier molecular flexibility index (Phi) is 1.89. The molecule has 3 heterocycles. The molecule has 4 nitrogen and oxygen atoms in total. The largest absolute Gasteiger partial charge is 0.337 e. The third-order valence-corrected chi connectivity index (χ3v) is 2.26. The average molecular weight is 214 g/mol. The first-order chi connectivity index (χ1) is 7.83. The number of nitrogens with one attached hydrogen (secondary N) is 1. The SMILES string of the molecule is Fc1ccc(-c2nc3ncccc3[nH]2)cn1. The highest BCUT2D eigenvalue weighted by Gasteiger charge is 2.05. The number of rotatable bonds is 1. The van der Waals surface area contributed by atoms with E-state index in [0.717, 1.165) is 11.1 Å². The minimum atomic E-state index is -0.502. The van der Waals surface area contributed by atoms with Gasteiger partial charge in [0.05, 0.1) is 5.52 Å². The third kappa shape index (κ3) is 1.42. The van der Waals surface area contributed by atoms with Gasteiger partial charge < -0.3 is 4.98 Å².